The highest BCUT2D eigenvalue weighted by molar-refractivity contribution is 7.92. The fraction of sp³-hybridized carbons (Fsp3) is 0.167. The first-order chi connectivity index (χ1) is 15.8. The third kappa shape index (κ3) is 4.54. The SMILES string of the molecule is COc1ccc(S(=O)(=O)N(C)c2ccc(OC(=O)C[C@@H]3OC(=O)c4ccccc43)cc2)cc1. The molecule has 170 valence electrons. The Morgan fingerprint density at radius 2 is 1.61 bits per heavy atom. The lowest BCUT2D eigenvalue weighted by molar-refractivity contribution is -0.136. The number of rotatable bonds is 7. The first kappa shape index (κ1) is 22.3. The van der Waals surface area contributed by atoms with E-state index in [-0.39, 0.29) is 17.1 Å². The number of hydrogen-bond acceptors (Lipinski definition) is 7. The summed E-state index contributed by atoms with van der Waals surface area (Å²) in [6.45, 7) is 0. The predicted molar refractivity (Wildman–Crippen MR) is 120 cm³/mol. The molecule has 0 N–H and O–H groups in total. The maximum absolute atomic E-state index is 12.9. The van der Waals surface area contributed by atoms with Crippen molar-refractivity contribution in [2.24, 2.45) is 0 Å². The van der Waals surface area contributed by atoms with E-state index in [1.54, 1.807) is 36.4 Å². The van der Waals surface area contributed by atoms with Gasteiger partial charge >= 0.3 is 11.9 Å². The summed E-state index contributed by atoms with van der Waals surface area (Å²) in [6, 6.07) is 19.1. The van der Waals surface area contributed by atoms with Crippen molar-refractivity contribution >= 4 is 27.6 Å². The number of nitrogens with zero attached hydrogens (tertiary/aromatic N) is 1. The van der Waals surface area contributed by atoms with Gasteiger partial charge in [0.1, 0.15) is 17.6 Å². The number of benzene rings is 3. The average Bonchev–Trinajstić information content (AvgIpc) is 3.14. The van der Waals surface area contributed by atoms with Crippen molar-refractivity contribution in [3.8, 4) is 11.5 Å². The van der Waals surface area contributed by atoms with Gasteiger partial charge in [0.2, 0.25) is 0 Å². The third-order valence-electron chi connectivity index (χ3n) is 5.28. The Labute approximate surface area is 191 Å². The molecule has 0 spiro atoms. The van der Waals surface area contributed by atoms with Gasteiger partial charge in [-0.15, -0.1) is 0 Å². The standard InChI is InChI=1S/C24H21NO7S/c1-25(33(28,29)19-13-11-17(30-2)12-14-19)16-7-9-18(10-8-16)31-23(26)15-22-20-5-3-4-6-21(20)24(27)32-22/h3-14,22H,15H2,1-2H3/t22-/m0/s1. The number of anilines is 1. The van der Waals surface area contributed by atoms with Crippen molar-refractivity contribution in [3.63, 3.8) is 0 Å². The molecule has 9 heteroatoms. The van der Waals surface area contributed by atoms with Crippen molar-refractivity contribution < 1.29 is 32.2 Å². The summed E-state index contributed by atoms with van der Waals surface area (Å²) in [4.78, 5) is 24.4. The van der Waals surface area contributed by atoms with Gasteiger partial charge in [-0.25, -0.2) is 13.2 Å². The Bertz CT molecular complexity index is 1290. The molecule has 0 bridgehead atoms. The molecule has 33 heavy (non-hydrogen) atoms. The summed E-state index contributed by atoms with van der Waals surface area (Å²) in [6.07, 6.45) is -0.822. The summed E-state index contributed by atoms with van der Waals surface area (Å²) in [7, 11) is -0.841. The topological polar surface area (TPSA) is 99.2 Å². The second-order valence-electron chi connectivity index (χ2n) is 7.30. The number of hydrogen-bond donors (Lipinski definition) is 0. The van der Waals surface area contributed by atoms with Crippen LogP contribution in [-0.4, -0.2) is 34.5 Å². The highest BCUT2D eigenvalue weighted by Crippen LogP contribution is 2.33. The van der Waals surface area contributed by atoms with Gasteiger partial charge in [-0.2, -0.15) is 0 Å². The summed E-state index contributed by atoms with van der Waals surface area (Å²) in [5.74, 6) is -0.236. The van der Waals surface area contributed by atoms with Crippen LogP contribution < -0.4 is 13.8 Å². The molecule has 0 radical (unpaired) electrons. The zero-order chi connectivity index (χ0) is 23.6. The normalized spacial score (nSPS) is 14.8. The van der Waals surface area contributed by atoms with Gasteiger partial charge < -0.3 is 14.2 Å². The first-order valence-electron chi connectivity index (χ1n) is 10.0. The van der Waals surface area contributed by atoms with E-state index in [2.05, 4.69) is 0 Å². The van der Waals surface area contributed by atoms with Crippen molar-refractivity contribution in [3.05, 3.63) is 83.9 Å². The van der Waals surface area contributed by atoms with Crippen molar-refractivity contribution in [1.29, 1.82) is 0 Å². The minimum Gasteiger partial charge on any atom is -0.497 e. The monoisotopic (exact) mass is 467 g/mol. The van der Waals surface area contributed by atoms with Gasteiger partial charge in [0.25, 0.3) is 10.0 Å². The largest absolute Gasteiger partial charge is 0.497 e. The number of methoxy groups -OCH3 is 1. The highest BCUT2D eigenvalue weighted by atomic mass is 32.2. The maximum atomic E-state index is 12.9. The fourth-order valence-electron chi connectivity index (χ4n) is 3.46. The quantitative estimate of drug-likeness (QED) is 0.386. The molecule has 3 aromatic rings. The molecule has 0 aliphatic carbocycles. The Balaban J connectivity index is 1.42. The van der Waals surface area contributed by atoms with Crippen LogP contribution in [0.2, 0.25) is 0 Å². The molecule has 0 saturated carbocycles. The van der Waals surface area contributed by atoms with E-state index >= 15 is 0 Å². The zero-order valence-corrected chi connectivity index (χ0v) is 18.7. The molecule has 1 aliphatic heterocycles. The lowest BCUT2D eigenvalue weighted by Gasteiger charge is -2.20. The van der Waals surface area contributed by atoms with Crippen molar-refractivity contribution in [1.82, 2.24) is 0 Å². The van der Waals surface area contributed by atoms with E-state index in [1.165, 1.54) is 50.6 Å². The molecule has 0 aromatic heterocycles. The van der Waals surface area contributed by atoms with Crippen molar-refractivity contribution in [2.45, 2.75) is 17.4 Å². The maximum Gasteiger partial charge on any atom is 0.339 e. The molecule has 4 rings (SSSR count). The van der Waals surface area contributed by atoms with Crippen LogP contribution in [0.5, 0.6) is 11.5 Å². The Morgan fingerprint density at radius 3 is 2.27 bits per heavy atom. The summed E-state index contributed by atoms with van der Waals surface area (Å²) < 4.78 is 42.6. The summed E-state index contributed by atoms with van der Waals surface area (Å²) >= 11 is 0. The Hall–Kier alpha value is -3.85. The number of sulfonamides is 1. The molecule has 8 nitrogen and oxygen atoms in total. The molecule has 0 amide bonds. The molecule has 0 fully saturated rings. The highest BCUT2D eigenvalue weighted by Gasteiger charge is 2.32. The lowest BCUT2D eigenvalue weighted by Crippen LogP contribution is -2.26. The van der Waals surface area contributed by atoms with Crippen LogP contribution in [0.1, 0.15) is 28.4 Å². The average molecular weight is 467 g/mol. The van der Waals surface area contributed by atoms with E-state index < -0.39 is 28.1 Å². The number of fused-ring (bicyclic) bond motifs is 1. The van der Waals surface area contributed by atoms with E-state index in [0.29, 0.717) is 22.6 Å². The van der Waals surface area contributed by atoms with Crippen LogP contribution in [0.15, 0.2) is 77.7 Å². The van der Waals surface area contributed by atoms with E-state index in [9.17, 15) is 18.0 Å². The Kier molecular flexibility index (Phi) is 6.06. The molecule has 1 heterocycles. The van der Waals surface area contributed by atoms with Gasteiger partial charge in [0.05, 0.1) is 29.7 Å². The van der Waals surface area contributed by atoms with Gasteiger partial charge in [-0.1, -0.05) is 18.2 Å². The molecule has 3 aromatic carbocycles. The molecule has 0 saturated heterocycles. The van der Waals surface area contributed by atoms with Crippen LogP contribution in [0.4, 0.5) is 5.69 Å². The predicted octanol–water partition coefficient (Wildman–Crippen LogP) is 3.73. The number of esters is 2. The summed E-state index contributed by atoms with van der Waals surface area (Å²) in [5.41, 5.74) is 1.49. The van der Waals surface area contributed by atoms with Crippen LogP contribution >= 0.6 is 0 Å². The van der Waals surface area contributed by atoms with Crippen LogP contribution in [0, 0.1) is 0 Å². The van der Waals surface area contributed by atoms with Gasteiger partial charge in [-0.3, -0.25) is 9.10 Å². The molecule has 1 aliphatic rings. The molecule has 0 unspecified atom stereocenters. The van der Waals surface area contributed by atoms with Gasteiger partial charge in [-0.05, 0) is 54.6 Å². The minimum absolute atomic E-state index is 0.118. The number of carbonyl (C=O) groups excluding carboxylic acids is 2. The van der Waals surface area contributed by atoms with E-state index in [4.69, 9.17) is 14.2 Å². The smallest absolute Gasteiger partial charge is 0.339 e. The second kappa shape index (κ2) is 8.95. The molecular weight excluding hydrogens is 446 g/mol. The minimum atomic E-state index is -3.78. The molecule has 1 atom stereocenters. The van der Waals surface area contributed by atoms with E-state index in [1.807, 2.05) is 0 Å². The number of ether oxygens (including phenoxy) is 3. The molecular formula is C24H21NO7S. The third-order valence-corrected chi connectivity index (χ3v) is 7.08. The van der Waals surface area contributed by atoms with Crippen LogP contribution in [0.3, 0.4) is 0 Å². The fourth-order valence-corrected chi connectivity index (χ4v) is 4.66. The second-order valence-corrected chi connectivity index (χ2v) is 9.27. The number of carbonyl (C=O) groups is 2. The van der Waals surface area contributed by atoms with E-state index in [0.717, 1.165) is 4.31 Å². The summed E-state index contributed by atoms with van der Waals surface area (Å²) in [5, 5.41) is 0. The van der Waals surface area contributed by atoms with Gasteiger partial charge in [0.15, 0.2) is 0 Å². The first-order valence-corrected chi connectivity index (χ1v) is 11.5. The zero-order valence-electron chi connectivity index (χ0n) is 17.9. The van der Waals surface area contributed by atoms with Gasteiger partial charge in [0, 0.05) is 12.6 Å². The lowest BCUT2D eigenvalue weighted by atomic mass is 10.0. The number of cyclic esters (lactones) is 1. The van der Waals surface area contributed by atoms with Crippen LogP contribution in [0.25, 0.3) is 0 Å². The van der Waals surface area contributed by atoms with Crippen molar-refractivity contribution in [2.75, 3.05) is 18.5 Å². The Morgan fingerprint density at radius 1 is 0.970 bits per heavy atom. The van der Waals surface area contributed by atoms with Crippen LogP contribution in [-0.2, 0) is 19.6 Å².